The molecular formula is C11H11N3O. The van der Waals surface area contributed by atoms with E-state index in [1.807, 2.05) is 16.7 Å². The summed E-state index contributed by atoms with van der Waals surface area (Å²) < 4.78 is 1.91. The third-order valence-corrected chi connectivity index (χ3v) is 2.18. The van der Waals surface area contributed by atoms with Crippen molar-refractivity contribution in [3.05, 3.63) is 48.3 Å². The zero-order valence-electron chi connectivity index (χ0n) is 8.21. The molecule has 0 saturated carbocycles. The van der Waals surface area contributed by atoms with E-state index in [9.17, 15) is 4.79 Å². The normalized spacial score (nSPS) is 10.1. The minimum atomic E-state index is 0.477. The lowest BCUT2D eigenvalue weighted by atomic mass is 10.2. The fourth-order valence-corrected chi connectivity index (χ4v) is 1.37. The standard InChI is InChI=1S/C11H11N3O/c15-8-11-7-14(9-13-11)6-3-10-1-4-12-5-2-10/h1-2,4-5,7-9H,3,6H2. The second kappa shape index (κ2) is 4.50. The highest BCUT2D eigenvalue weighted by Crippen LogP contribution is 2.01. The fourth-order valence-electron chi connectivity index (χ4n) is 1.37. The van der Waals surface area contributed by atoms with Crippen LogP contribution in [0.25, 0.3) is 0 Å². The van der Waals surface area contributed by atoms with Gasteiger partial charge in [-0.25, -0.2) is 4.98 Å². The van der Waals surface area contributed by atoms with Crippen LogP contribution in [-0.4, -0.2) is 20.8 Å². The van der Waals surface area contributed by atoms with Crippen LogP contribution in [0.3, 0.4) is 0 Å². The number of nitrogens with zero attached hydrogens (tertiary/aromatic N) is 3. The van der Waals surface area contributed by atoms with Gasteiger partial charge in [-0.1, -0.05) is 0 Å². The van der Waals surface area contributed by atoms with Gasteiger partial charge in [-0.3, -0.25) is 9.78 Å². The SMILES string of the molecule is O=Cc1cn(CCc2ccncc2)cn1. The first-order valence-electron chi connectivity index (χ1n) is 4.74. The molecule has 0 aliphatic carbocycles. The Kier molecular flexibility index (Phi) is 2.88. The molecular weight excluding hydrogens is 190 g/mol. The molecule has 0 fully saturated rings. The number of aryl methyl sites for hydroxylation is 2. The van der Waals surface area contributed by atoms with Crippen molar-refractivity contribution in [2.75, 3.05) is 0 Å². The average Bonchev–Trinajstić information content (AvgIpc) is 2.76. The maximum atomic E-state index is 10.4. The number of carbonyl (C=O) groups is 1. The van der Waals surface area contributed by atoms with E-state index in [1.165, 1.54) is 5.56 Å². The molecule has 2 heterocycles. The highest BCUT2D eigenvalue weighted by Gasteiger charge is 1.97. The topological polar surface area (TPSA) is 47.8 Å². The van der Waals surface area contributed by atoms with E-state index in [0.29, 0.717) is 5.69 Å². The number of pyridine rings is 1. The number of imidazole rings is 1. The van der Waals surface area contributed by atoms with E-state index < -0.39 is 0 Å². The summed E-state index contributed by atoms with van der Waals surface area (Å²) in [7, 11) is 0. The molecule has 0 radical (unpaired) electrons. The molecule has 0 unspecified atom stereocenters. The quantitative estimate of drug-likeness (QED) is 0.701. The lowest BCUT2D eigenvalue weighted by Crippen LogP contribution is -1.98. The molecule has 76 valence electrons. The molecule has 2 rings (SSSR count). The highest BCUT2D eigenvalue weighted by molar-refractivity contribution is 5.70. The molecule has 15 heavy (non-hydrogen) atoms. The van der Waals surface area contributed by atoms with Gasteiger partial charge in [-0.05, 0) is 24.1 Å². The largest absolute Gasteiger partial charge is 0.336 e. The maximum absolute atomic E-state index is 10.4. The first kappa shape index (κ1) is 9.58. The van der Waals surface area contributed by atoms with Crippen molar-refractivity contribution in [1.82, 2.24) is 14.5 Å². The third kappa shape index (κ3) is 2.49. The Hall–Kier alpha value is -1.97. The van der Waals surface area contributed by atoms with E-state index in [2.05, 4.69) is 9.97 Å². The number of carbonyl (C=O) groups excluding carboxylic acids is 1. The van der Waals surface area contributed by atoms with E-state index in [0.717, 1.165) is 19.3 Å². The summed E-state index contributed by atoms with van der Waals surface area (Å²) in [5, 5.41) is 0. The van der Waals surface area contributed by atoms with Gasteiger partial charge in [0.2, 0.25) is 0 Å². The Bertz CT molecular complexity index is 436. The minimum Gasteiger partial charge on any atom is -0.336 e. The number of hydrogen-bond donors (Lipinski definition) is 0. The minimum absolute atomic E-state index is 0.477. The van der Waals surface area contributed by atoms with Crippen LogP contribution < -0.4 is 0 Å². The number of rotatable bonds is 4. The zero-order chi connectivity index (χ0) is 10.5. The molecule has 4 heteroatoms. The molecule has 0 amide bonds. The van der Waals surface area contributed by atoms with Crippen molar-refractivity contribution >= 4 is 6.29 Å². The first-order valence-corrected chi connectivity index (χ1v) is 4.74. The van der Waals surface area contributed by atoms with Crippen LogP contribution in [0.2, 0.25) is 0 Å². The van der Waals surface area contributed by atoms with Crippen molar-refractivity contribution in [2.24, 2.45) is 0 Å². The fraction of sp³-hybridized carbons (Fsp3) is 0.182. The molecule has 0 aliphatic rings. The summed E-state index contributed by atoms with van der Waals surface area (Å²) >= 11 is 0. The molecule has 2 aromatic heterocycles. The van der Waals surface area contributed by atoms with Gasteiger partial charge in [-0.2, -0.15) is 0 Å². The van der Waals surface area contributed by atoms with Gasteiger partial charge < -0.3 is 4.57 Å². The second-order valence-electron chi connectivity index (χ2n) is 3.26. The van der Waals surface area contributed by atoms with Crippen LogP contribution in [0.15, 0.2) is 37.1 Å². The van der Waals surface area contributed by atoms with Crippen molar-refractivity contribution in [3.63, 3.8) is 0 Å². The van der Waals surface area contributed by atoms with Gasteiger partial charge in [0.25, 0.3) is 0 Å². The predicted molar refractivity (Wildman–Crippen MR) is 55.6 cm³/mol. The van der Waals surface area contributed by atoms with Crippen LogP contribution in [0.1, 0.15) is 16.1 Å². The number of hydrogen-bond acceptors (Lipinski definition) is 3. The van der Waals surface area contributed by atoms with E-state index in [4.69, 9.17) is 0 Å². The average molecular weight is 201 g/mol. The first-order chi connectivity index (χ1) is 7.38. The molecule has 0 atom stereocenters. The Labute approximate surface area is 87.6 Å². The van der Waals surface area contributed by atoms with Gasteiger partial charge in [-0.15, -0.1) is 0 Å². The molecule has 0 N–H and O–H groups in total. The van der Waals surface area contributed by atoms with Gasteiger partial charge in [0.05, 0.1) is 6.33 Å². The lowest BCUT2D eigenvalue weighted by molar-refractivity contribution is 0.111. The van der Waals surface area contributed by atoms with Crippen LogP contribution in [0.4, 0.5) is 0 Å². The summed E-state index contributed by atoms with van der Waals surface area (Å²) in [5.74, 6) is 0. The highest BCUT2D eigenvalue weighted by atomic mass is 16.1. The molecule has 2 aromatic rings. The lowest BCUT2D eigenvalue weighted by Gasteiger charge is -2.01. The van der Waals surface area contributed by atoms with Crippen molar-refractivity contribution in [1.29, 1.82) is 0 Å². The van der Waals surface area contributed by atoms with Crippen LogP contribution >= 0.6 is 0 Å². The maximum Gasteiger partial charge on any atom is 0.169 e. The molecule has 0 bridgehead atoms. The van der Waals surface area contributed by atoms with Gasteiger partial charge >= 0.3 is 0 Å². The van der Waals surface area contributed by atoms with Gasteiger partial charge in [0.15, 0.2) is 6.29 Å². The van der Waals surface area contributed by atoms with Crippen molar-refractivity contribution < 1.29 is 4.79 Å². The zero-order valence-corrected chi connectivity index (χ0v) is 8.21. The summed E-state index contributed by atoms with van der Waals surface area (Å²) in [4.78, 5) is 18.3. The Morgan fingerprint density at radius 2 is 2.13 bits per heavy atom. The summed E-state index contributed by atoms with van der Waals surface area (Å²) in [6.45, 7) is 0.824. The van der Waals surface area contributed by atoms with E-state index in [-0.39, 0.29) is 0 Å². The van der Waals surface area contributed by atoms with E-state index in [1.54, 1.807) is 24.9 Å². The Balaban J connectivity index is 1.96. The van der Waals surface area contributed by atoms with Gasteiger partial charge in [0.1, 0.15) is 5.69 Å². The third-order valence-electron chi connectivity index (χ3n) is 2.18. The molecule has 0 aliphatic heterocycles. The molecule has 0 spiro atoms. The van der Waals surface area contributed by atoms with Crippen LogP contribution in [0.5, 0.6) is 0 Å². The summed E-state index contributed by atoms with van der Waals surface area (Å²) in [6, 6.07) is 3.97. The summed E-state index contributed by atoms with van der Waals surface area (Å²) in [6.07, 6.45) is 8.64. The van der Waals surface area contributed by atoms with Crippen LogP contribution in [-0.2, 0) is 13.0 Å². The number of aromatic nitrogens is 3. The van der Waals surface area contributed by atoms with E-state index >= 15 is 0 Å². The monoisotopic (exact) mass is 201 g/mol. The van der Waals surface area contributed by atoms with Crippen molar-refractivity contribution in [2.45, 2.75) is 13.0 Å². The Morgan fingerprint density at radius 3 is 2.80 bits per heavy atom. The predicted octanol–water partition coefficient (Wildman–Crippen LogP) is 1.33. The smallest absolute Gasteiger partial charge is 0.169 e. The summed E-state index contributed by atoms with van der Waals surface area (Å²) in [5.41, 5.74) is 1.70. The number of aldehydes is 1. The van der Waals surface area contributed by atoms with Crippen molar-refractivity contribution in [3.8, 4) is 0 Å². The second-order valence-corrected chi connectivity index (χ2v) is 3.26. The molecule has 4 nitrogen and oxygen atoms in total. The van der Waals surface area contributed by atoms with Gasteiger partial charge in [0, 0.05) is 25.1 Å². The molecule has 0 saturated heterocycles. The van der Waals surface area contributed by atoms with Crippen LogP contribution in [0, 0.1) is 0 Å². The Morgan fingerprint density at radius 1 is 1.33 bits per heavy atom. The molecule has 0 aromatic carbocycles.